The predicted molar refractivity (Wildman–Crippen MR) is 102 cm³/mol. The summed E-state index contributed by atoms with van der Waals surface area (Å²) in [7, 11) is 0. The Hall–Kier alpha value is -3.29. The number of amides is 1. The number of pyridine rings is 1. The Morgan fingerprint density at radius 2 is 2.07 bits per heavy atom. The van der Waals surface area contributed by atoms with Crippen LogP contribution >= 0.6 is 0 Å². The van der Waals surface area contributed by atoms with Gasteiger partial charge in [-0.3, -0.25) is 0 Å². The minimum atomic E-state index is -0.835. The molecule has 0 spiro atoms. The van der Waals surface area contributed by atoms with Gasteiger partial charge >= 0.3 is 6.09 Å². The number of nitrogens with zero attached hydrogens (tertiary/aromatic N) is 5. The van der Waals surface area contributed by atoms with Crippen LogP contribution < -0.4 is 10.6 Å². The molecule has 8 nitrogen and oxygen atoms in total. The number of aryl methyl sites for hydroxylation is 1. The second-order valence-corrected chi connectivity index (χ2v) is 7.32. The molecule has 1 amide bonds. The van der Waals surface area contributed by atoms with Gasteiger partial charge in [0.1, 0.15) is 5.82 Å². The smallest absolute Gasteiger partial charge is 0.407 e. The Bertz CT molecular complexity index is 1060. The molecule has 2 saturated heterocycles. The van der Waals surface area contributed by atoms with Crippen LogP contribution in [0.2, 0.25) is 0 Å². The summed E-state index contributed by atoms with van der Waals surface area (Å²) in [5.41, 5.74) is 9.10. The van der Waals surface area contributed by atoms with Gasteiger partial charge in [-0.25, -0.2) is 14.5 Å². The molecule has 3 N–H and O–H groups in total. The van der Waals surface area contributed by atoms with E-state index in [1.54, 1.807) is 6.20 Å². The summed E-state index contributed by atoms with van der Waals surface area (Å²) in [6.45, 7) is 3.25. The standard InChI is InChI=1S/C19H20N6O2/c1-11-2-3-15-16(6-11)25(22-18(15)20)12-4-5-21-17(8-12)23-9-14-7-13(23)10-24(14)19(26)27/h2-6,8,13-14H,7,9-10H2,1H3,(H2,20,22)(H,26,27)/t13-,14-/m0/s1. The molecule has 2 aliphatic heterocycles. The zero-order valence-corrected chi connectivity index (χ0v) is 14.9. The summed E-state index contributed by atoms with van der Waals surface area (Å²) >= 11 is 0. The van der Waals surface area contributed by atoms with Crippen LogP contribution in [0.3, 0.4) is 0 Å². The van der Waals surface area contributed by atoms with E-state index < -0.39 is 6.09 Å². The van der Waals surface area contributed by atoms with Crippen LogP contribution in [-0.2, 0) is 0 Å². The van der Waals surface area contributed by atoms with Gasteiger partial charge in [0, 0.05) is 30.7 Å². The quantitative estimate of drug-likeness (QED) is 0.723. The molecule has 0 unspecified atom stereocenters. The van der Waals surface area contributed by atoms with E-state index in [4.69, 9.17) is 5.73 Å². The van der Waals surface area contributed by atoms with Crippen molar-refractivity contribution >= 4 is 28.6 Å². The maximum atomic E-state index is 11.3. The summed E-state index contributed by atoms with van der Waals surface area (Å²) in [6.07, 6.45) is 1.79. The molecule has 2 bridgehead atoms. The van der Waals surface area contributed by atoms with E-state index in [-0.39, 0.29) is 12.1 Å². The molecule has 4 heterocycles. The van der Waals surface area contributed by atoms with Crippen molar-refractivity contribution in [1.82, 2.24) is 19.7 Å². The number of rotatable bonds is 2. The van der Waals surface area contributed by atoms with E-state index in [2.05, 4.69) is 21.0 Å². The highest BCUT2D eigenvalue weighted by molar-refractivity contribution is 5.90. The first-order valence-electron chi connectivity index (χ1n) is 8.99. The summed E-state index contributed by atoms with van der Waals surface area (Å²) in [4.78, 5) is 19.6. The average Bonchev–Trinajstić information content (AvgIpc) is 3.34. The predicted octanol–water partition coefficient (Wildman–Crippen LogP) is 2.25. The SMILES string of the molecule is Cc1ccc2c(N)nn(-c3ccnc(N4C[C@@H]5C[C@H]4CN5C(=O)O)c3)c2c1. The number of aromatic nitrogens is 3. The van der Waals surface area contributed by atoms with Crippen LogP contribution in [0.1, 0.15) is 12.0 Å². The fourth-order valence-electron chi connectivity index (χ4n) is 4.32. The molecule has 2 atom stereocenters. The molecule has 1 aromatic carbocycles. The number of carbonyl (C=O) groups is 1. The van der Waals surface area contributed by atoms with Crippen molar-refractivity contribution in [2.45, 2.75) is 25.4 Å². The largest absolute Gasteiger partial charge is 0.465 e. The lowest BCUT2D eigenvalue weighted by molar-refractivity contribution is 0.137. The Morgan fingerprint density at radius 1 is 1.22 bits per heavy atom. The third-order valence-corrected chi connectivity index (χ3v) is 5.62. The van der Waals surface area contributed by atoms with Crippen molar-refractivity contribution in [2.75, 3.05) is 23.7 Å². The van der Waals surface area contributed by atoms with E-state index in [1.165, 1.54) is 4.90 Å². The van der Waals surface area contributed by atoms with Crippen molar-refractivity contribution in [3.63, 3.8) is 0 Å². The van der Waals surface area contributed by atoms with Gasteiger partial charge in [0.25, 0.3) is 0 Å². The number of nitrogens with two attached hydrogens (primary N) is 1. The molecule has 0 radical (unpaired) electrons. The van der Waals surface area contributed by atoms with E-state index in [0.29, 0.717) is 18.9 Å². The van der Waals surface area contributed by atoms with E-state index in [1.807, 2.05) is 35.9 Å². The van der Waals surface area contributed by atoms with E-state index in [0.717, 1.165) is 34.4 Å². The van der Waals surface area contributed by atoms with Crippen LogP contribution in [0.5, 0.6) is 0 Å². The third-order valence-electron chi connectivity index (χ3n) is 5.62. The molecule has 5 rings (SSSR count). The number of benzene rings is 1. The lowest BCUT2D eigenvalue weighted by Gasteiger charge is -2.33. The van der Waals surface area contributed by atoms with Gasteiger partial charge < -0.3 is 20.6 Å². The molecular weight excluding hydrogens is 344 g/mol. The highest BCUT2D eigenvalue weighted by Gasteiger charge is 2.45. The number of anilines is 2. The fraction of sp³-hybridized carbons (Fsp3) is 0.316. The molecule has 138 valence electrons. The fourth-order valence-corrected chi connectivity index (χ4v) is 4.32. The number of fused-ring (bicyclic) bond motifs is 3. The summed E-state index contributed by atoms with van der Waals surface area (Å²) < 4.78 is 1.85. The van der Waals surface area contributed by atoms with E-state index >= 15 is 0 Å². The minimum Gasteiger partial charge on any atom is -0.465 e. The van der Waals surface area contributed by atoms with Crippen LogP contribution in [-0.4, -0.2) is 56.0 Å². The second-order valence-electron chi connectivity index (χ2n) is 7.32. The Labute approximate surface area is 155 Å². The summed E-state index contributed by atoms with van der Waals surface area (Å²) in [6, 6.07) is 10.2. The maximum absolute atomic E-state index is 11.3. The van der Waals surface area contributed by atoms with Crippen molar-refractivity contribution in [3.8, 4) is 5.69 Å². The van der Waals surface area contributed by atoms with Crippen LogP contribution in [0.4, 0.5) is 16.4 Å². The van der Waals surface area contributed by atoms with Gasteiger partial charge in [0.2, 0.25) is 0 Å². The zero-order valence-electron chi connectivity index (χ0n) is 14.9. The number of hydrogen-bond donors (Lipinski definition) is 2. The van der Waals surface area contributed by atoms with Crippen molar-refractivity contribution < 1.29 is 9.90 Å². The first kappa shape index (κ1) is 15.9. The Kier molecular flexibility index (Phi) is 3.30. The first-order chi connectivity index (χ1) is 13.0. The topological polar surface area (TPSA) is 101 Å². The molecule has 2 aliphatic rings. The lowest BCUT2D eigenvalue weighted by atomic mass is 10.2. The van der Waals surface area contributed by atoms with Crippen molar-refractivity contribution in [3.05, 3.63) is 42.1 Å². The van der Waals surface area contributed by atoms with Gasteiger partial charge in [0.15, 0.2) is 5.82 Å². The van der Waals surface area contributed by atoms with Gasteiger partial charge in [-0.2, -0.15) is 0 Å². The molecular formula is C19H20N6O2. The monoisotopic (exact) mass is 364 g/mol. The number of carboxylic acid groups (broad SMARTS) is 1. The molecule has 2 fully saturated rings. The average molecular weight is 364 g/mol. The summed E-state index contributed by atoms with van der Waals surface area (Å²) in [5, 5.41) is 14.7. The van der Waals surface area contributed by atoms with Crippen molar-refractivity contribution in [1.29, 1.82) is 0 Å². The molecule has 27 heavy (non-hydrogen) atoms. The highest BCUT2D eigenvalue weighted by atomic mass is 16.4. The zero-order chi connectivity index (χ0) is 18.7. The molecule has 3 aromatic rings. The van der Waals surface area contributed by atoms with E-state index in [9.17, 15) is 9.90 Å². The number of likely N-dealkylation sites (tertiary alicyclic amines) is 1. The molecule has 0 aliphatic carbocycles. The van der Waals surface area contributed by atoms with Crippen molar-refractivity contribution in [2.24, 2.45) is 0 Å². The second kappa shape index (κ2) is 5.60. The van der Waals surface area contributed by atoms with Crippen LogP contribution in [0.15, 0.2) is 36.5 Å². The Balaban J connectivity index is 1.51. The third kappa shape index (κ3) is 2.40. The normalized spacial score (nSPS) is 21.4. The van der Waals surface area contributed by atoms with Crippen LogP contribution in [0.25, 0.3) is 16.6 Å². The number of piperazine rings is 1. The summed E-state index contributed by atoms with van der Waals surface area (Å²) in [5.74, 6) is 1.35. The highest BCUT2D eigenvalue weighted by Crippen LogP contribution is 2.34. The van der Waals surface area contributed by atoms with Crippen LogP contribution in [0, 0.1) is 6.92 Å². The molecule has 8 heteroatoms. The maximum Gasteiger partial charge on any atom is 0.407 e. The van der Waals surface area contributed by atoms with Gasteiger partial charge in [-0.05, 0) is 37.1 Å². The number of hydrogen-bond acceptors (Lipinski definition) is 5. The molecule has 0 saturated carbocycles. The Morgan fingerprint density at radius 3 is 2.81 bits per heavy atom. The first-order valence-corrected chi connectivity index (χ1v) is 8.99. The van der Waals surface area contributed by atoms with Gasteiger partial charge in [-0.1, -0.05) is 6.07 Å². The lowest BCUT2D eigenvalue weighted by Crippen LogP contribution is -2.48. The van der Waals surface area contributed by atoms with Gasteiger partial charge in [-0.15, -0.1) is 5.10 Å². The van der Waals surface area contributed by atoms with Gasteiger partial charge in [0.05, 0.1) is 23.3 Å². The number of nitrogen functional groups attached to an aromatic ring is 1. The minimum absolute atomic E-state index is 0.0433. The molecule has 2 aromatic heterocycles.